The molecule has 0 bridgehead atoms. The zero-order chi connectivity index (χ0) is 20.1. The smallest absolute Gasteiger partial charge is 0.265 e. The highest BCUT2D eigenvalue weighted by atomic mass is 32.2. The summed E-state index contributed by atoms with van der Waals surface area (Å²) >= 11 is 1.34. The second-order valence-corrected chi connectivity index (χ2v) is 9.32. The maximum Gasteiger partial charge on any atom is 0.265 e. The number of hydrogen-bond donors (Lipinski definition) is 2. The summed E-state index contributed by atoms with van der Waals surface area (Å²) in [7, 11) is -3.19. The fourth-order valence-corrected chi connectivity index (χ4v) is 3.99. The molecule has 0 saturated carbocycles. The number of carbonyl (C=O) groups excluding carboxylic acids is 2. The third-order valence-corrected chi connectivity index (χ3v) is 5.47. The molecule has 6 nitrogen and oxygen atoms in total. The van der Waals surface area contributed by atoms with Crippen LogP contribution in [0.5, 0.6) is 0 Å². The van der Waals surface area contributed by atoms with Gasteiger partial charge in [0.1, 0.15) is 0 Å². The number of benzene rings is 2. The van der Waals surface area contributed by atoms with Crippen LogP contribution in [0.2, 0.25) is 0 Å². The molecule has 28 heavy (non-hydrogen) atoms. The summed E-state index contributed by atoms with van der Waals surface area (Å²) in [4.78, 5) is 25.2. The van der Waals surface area contributed by atoms with Crippen molar-refractivity contribution in [1.82, 2.24) is 0 Å². The summed E-state index contributed by atoms with van der Waals surface area (Å²) in [6.07, 6.45) is 1.15. The Morgan fingerprint density at radius 3 is 2.21 bits per heavy atom. The highest BCUT2D eigenvalue weighted by molar-refractivity contribution is 7.89. The molecule has 1 aromatic heterocycles. The van der Waals surface area contributed by atoms with Crippen molar-refractivity contribution in [1.29, 1.82) is 0 Å². The van der Waals surface area contributed by atoms with E-state index in [1.807, 2.05) is 5.38 Å². The van der Waals surface area contributed by atoms with Gasteiger partial charge >= 0.3 is 0 Å². The molecular weight excluding hydrogens is 396 g/mol. The maximum atomic E-state index is 12.5. The van der Waals surface area contributed by atoms with Crippen LogP contribution in [0.4, 0.5) is 11.4 Å². The molecule has 2 N–H and O–H groups in total. The molecule has 8 heteroatoms. The minimum Gasteiger partial charge on any atom is -0.322 e. The average molecular weight is 415 g/mol. The molecule has 0 atom stereocenters. The Hall–Kier alpha value is -2.97. The van der Waals surface area contributed by atoms with Gasteiger partial charge in [-0.1, -0.05) is 24.3 Å². The van der Waals surface area contributed by atoms with E-state index < -0.39 is 9.84 Å². The normalized spacial score (nSPS) is 11.0. The van der Waals surface area contributed by atoms with E-state index in [1.54, 1.807) is 60.7 Å². The minimum absolute atomic E-state index is 0.127. The van der Waals surface area contributed by atoms with Crippen LogP contribution in [0.3, 0.4) is 0 Å². The van der Waals surface area contributed by atoms with Gasteiger partial charge in [0, 0.05) is 23.2 Å². The first-order valence-electron chi connectivity index (χ1n) is 8.33. The molecular formula is C20H18N2O4S2. The molecule has 0 radical (unpaired) electrons. The van der Waals surface area contributed by atoms with Gasteiger partial charge in [0.05, 0.1) is 10.6 Å². The van der Waals surface area contributed by atoms with Gasteiger partial charge in [-0.15, -0.1) is 11.3 Å². The monoisotopic (exact) mass is 414 g/mol. The number of anilines is 2. The van der Waals surface area contributed by atoms with Crippen LogP contribution in [-0.2, 0) is 15.6 Å². The topological polar surface area (TPSA) is 92.3 Å². The van der Waals surface area contributed by atoms with E-state index >= 15 is 0 Å². The molecule has 0 aliphatic carbocycles. The van der Waals surface area contributed by atoms with Gasteiger partial charge in [0.2, 0.25) is 0 Å². The third-order valence-electron chi connectivity index (χ3n) is 3.74. The van der Waals surface area contributed by atoms with Gasteiger partial charge in [-0.25, -0.2) is 8.42 Å². The fourth-order valence-electron chi connectivity index (χ4n) is 2.58. The molecule has 0 aliphatic heterocycles. The molecule has 0 unspecified atom stereocenters. The van der Waals surface area contributed by atoms with E-state index in [4.69, 9.17) is 0 Å². The molecule has 144 valence electrons. The summed E-state index contributed by atoms with van der Waals surface area (Å²) in [5, 5.41) is 7.37. The number of rotatable bonds is 6. The van der Waals surface area contributed by atoms with E-state index in [0.29, 0.717) is 27.4 Å². The second kappa shape index (κ2) is 8.37. The van der Waals surface area contributed by atoms with E-state index in [0.717, 1.165) is 6.26 Å². The average Bonchev–Trinajstić information content (AvgIpc) is 3.15. The molecule has 2 aromatic carbocycles. The Kier molecular flexibility index (Phi) is 5.91. The maximum absolute atomic E-state index is 12.5. The number of nitrogens with one attached hydrogen (secondary N) is 2. The number of carbonyl (C=O) groups is 2. The van der Waals surface area contributed by atoms with Crippen molar-refractivity contribution in [2.24, 2.45) is 0 Å². The summed E-state index contributed by atoms with van der Waals surface area (Å²) in [5.41, 5.74) is 1.98. The Balaban J connectivity index is 1.71. The van der Waals surface area contributed by atoms with Crippen LogP contribution >= 0.6 is 11.3 Å². The minimum atomic E-state index is -3.19. The number of amides is 2. The number of hydrogen-bond acceptors (Lipinski definition) is 5. The van der Waals surface area contributed by atoms with Crippen molar-refractivity contribution < 1.29 is 18.0 Å². The van der Waals surface area contributed by atoms with Gasteiger partial charge in [-0.05, 0) is 47.3 Å². The highest BCUT2D eigenvalue weighted by Gasteiger charge is 2.11. The Labute approximate surface area is 167 Å². The van der Waals surface area contributed by atoms with Crippen molar-refractivity contribution in [2.75, 3.05) is 16.9 Å². The van der Waals surface area contributed by atoms with Crippen LogP contribution in [0.15, 0.2) is 66.0 Å². The Morgan fingerprint density at radius 2 is 1.57 bits per heavy atom. The zero-order valence-electron chi connectivity index (χ0n) is 15.0. The third kappa shape index (κ3) is 5.51. The number of thiophene rings is 1. The summed E-state index contributed by atoms with van der Waals surface area (Å²) < 4.78 is 22.9. The molecule has 1 heterocycles. The standard InChI is InChI=1S/C20H18N2O4S2/c1-28(25,26)13-14-5-2-6-15(11-14)19(23)21-16-7-3-8-17(12-16)22-20(24)18-9-4-10-27-18/h2-12H,13H2,1H3,(H,21,23)(H,22,24). The first-order chi connectivity index (χ1) is 13.3. The summed E-state index contributed by atoms with van der Waals surface area (Å²) in [6, 6.07) is 16.8. The van der Waals surface area contributed by atoms with Crippen molar-refractivity contribution in [3.8, 4) is 0 Å². The van der Waals surface area contributed by atoms with Gasteiger partial charge < -0.3 is 10.6 Å². The molecule has 0 fully saturated rings. The quantitative estimate of drug-likeness (QED) is 0.642. The molecule has 0 saturated heterocycles. The fraction of sp³-hybridized carbons (Fsp3) is 0.100. The van der Waals surface area contributed by atoms with Gasteiger partial charge in [0.15, 0.2) is 9.84 Å². The second-order valence-electron chi connectivity index (χ2n) is 6.24. The van der Waals surface area contributed by atoms with E-state index in [9.17, 15) is 18.0 Å². The first-order valence-corrected chi connectivity index (χ1v) is 11.3. The zero-order valence-corrected chi connectivity index (χ0v) is 16.6. The summed E-state index contributed by atoms with van der Waals surface area (Å²) in [6.45, 7) is 0. The molecule has 0 spiro atoms. The molecule has 3 aromatic rings. The SMILES string of the molecule is CS(=O)(=O)Cc1cccc(C(=O)Nc2cccc(NC(=O)c3cccs3)c2)c1. The highest BCUT2D eigenvalue weighted by Crippen LogP contribution is 2.19. The van der Waals surface area contributed by atoms with Crippen LogP contribution in [0.1, 0.15) is 25.6 Å². The van der Waals surface area contributed by atoms with E-state index in [-0.39, 0.29) is 17.6 Å². The summed E-state index contributed by atoms with van der Waals surface area (Å²) in [5.74, 6) is -0.706. The lowest BCUT2D eigenvalue weighted by atomic mass is 10.1. The predicted molar refractivity (Wildman–Crippen MR) is 112 cm³/mol. The van der Waals surface area contributed by atoms with Crippen molar-refractivity contribution in [2.45, 2.75) is 5.75 Å². The lowest BCUT2D eigenvalue weighted by Crippen LogP contribution is -2.14. The van der Waals surface area contributed by atoms with E-state index in [1.165, 1.54) is 11.3 Å². The largest absolute Gasteiger partial charge is 0.322 e. The van der Waals surface area contributed by atoms with Crippen molar-refractivity contribution in [3.63, 3.8) is 0 Å². The van der Waals surface area contributed by atoms with E-state index in [2.05, 4.69) is 10.6 Å². The Bertz CT molecular complexity index is 1110. The predicted octanol–water partition coefficient (Wildman–Crippen LogP) is 3.80. The Morgan fingerprint density at radius 1 is 0.893 bits per heavy atom. The van der Waals surface area contributed by atoms with Gasteiger partial charge in [-0.2, -0.15) is 0 Å². The van der Waals surface area contributed by atoms with Crippen LogP contribution in [0, 0.1) is 0 Å². The number of sulfone groups is 1. The van der Waals surface area contributed by atoms with Gasteiger partial charge in [-0.3, -0.25) is 9.59 Å². The van der Waals surface area contributed by atoms with Gasteiger partial charge in [0.25, 0.3) is 11.8 Å². The first kappa shape index (κ1) is 19.8. The molecule has 0 aliphatic rings. The molecule has 3 rings (SSSR count). The van der Waals surface area contributed by atoms with Crippen molar-refractivity contribution >= 4 is 44.4 Å². The molecule has 2 amide bonds. The van der Waals surface area contributed by atoms with Crippen LogP contribution < -0.4 is 10.6 Å². The van der Waals surface area contributed by atoms with Crippen LogP contribution in [0.25, 0.3) is 0 Å². The lowest BCUT2D eigenvalue weighted by Gasteiger charge is -2.09. The van der Waals surface area contributed by atoms with Crippen molar-refractivity contribution in [3.05, 3.63) is 82.0 Å². The van der Waals surface area contributed by atoms with Crippen LogP contribution in [-0.4, -0.2) is 26.5 Å². The lowest BCUT2D eigenvalue weighted by molar-refractivity contribution is 0.102.